The normalized spacial score (nSPS) is 14.2. The maximum Gasteiger partial charge on any atom is 0.142 e. The van der Waals surface area contributed by atoms with Gasteiger partial charge in [-0.25, -0.2) is 4.39 Å². The van der Waals surface area contributed by atoms with Gasteiger partial charge in [0.1, 0.15) is 5.82 Å². The van der Waals surface area contributed by atoms with Gasteiger partial charge in [-0.1, -0.05) is 37.9 Å². The van der Waals surface area contributed by atoms with E-state index in [1.807, 2.05) is 6.07 Å². The standard InChI is InChI=1S/C16H25ClFNO/c1-4-6-16(20-3)15(19-9-5-2)11-12-7-8-13(17)14(18)10-12/h7-8,10,15-16,19H,4-6,9,11H2,1-3H3. The number of ether oxygens (including phenoxy) is 1. The lowest BCUT2D eigenvalue weighted by Gasteiger charge is -2.27. The molecule has 0 amide bonds. The van der Waals surface area contributed by atoms with Crippen LogP contribution in [0.15, 0.2) is 18.2 Å². The summed E-state index contributed by atoms with van der Waals surface area (Å²) < 4.78 is 19.1. The Kier molecular flexibility index (Phi) is 8.12. The molecule has 0 fully saturated rings. The van der Waals surface area contributed by atoms with Crippen LogP contribution < -0.4 is 5.32 Å². The van der Waals surface area contributed by atoms with Crippen LogP contribution in [-0.2, 0) is 11.2 Å². The van der Waals surface area contributed by atoms with Crippen LogP contribution in [-0.4, -0.2) is 25.8 Å². The van der Waals surface area contributed by atoms with Crippen molar-refractivity contribution in [3.8, 4) is 0 Å². The van der Waals surface area contributed by atoms with Crippen molar-refractivity contribution in [1.82, 2.24) is 5.32 Å². The number of rotatable bonds is 9. The molecule has 2 unspecified atom stereocenters. The molecule has 2 atom stereocenters. The van der Waals surface area contributed by atoms with Crippen LogP contribution in [0, 0.1) is 5.82 Å². The molecule has 0 aliphatic rings. The van der Waals surface area contributed by atoms with Gasteiger partial charge >= 0.3 is 0 Å². The third-order valence-corrected chi connectivity index (χ3v) is 3.73. The predicted molar refractivity (Wildman–Crippen MR) is 82.9 cm³/mol. The molecule has 0 spiro atoms. The quantitative estimate of drug-likeness (QED) is 0.738. The first-order valence-electron chi connectivity index (χ1n) is 7.32. The monoisotopic (exact) mass is 301 g/mol. The highest BCUT2D eigenvalue weighted by Gasteiger charge is 2.20. The summed E-state index contributed by atoms with van der Waals surface area (Å²) in [7, 11) is 1.74. The van der Waals surface area contributed by atoms with Gasteiger partial charge in [-0.05, 0) is 43.5 Å². The summed E-state index contributed by atoms with van der Waals surface area (Å²) in [6.45, 7) is 5.21. The Morgan fingerprint density at radius 3 is 2.60 bits per heavy atom. The van der Waals surface area contributed by atoms with Crippen molar-refractivity contribution in [2.45, 2.75) is 51.7 Å². The second kappa shape index (κ2) is 9.32. The summed E-state index contributed by atoms with van der Waals surface area (Å²) in [6.07, 6.45) is 4.01. The van der Waals surface area contributed by atoms with Gasteiger partial charge in [-0.2, -0.15) is 0 Å². The molecule has 20 heavy (non-hydrogen) atoms. The first kappa shape index (κ1) is 17.4. The molecule has 4 heteroatoms. The average Bonchev–Trinajstić information content (AvgIpc) is 2.45. The molecule has 0 radical (unpaired) electrons. The van der Waals surface area contributed by atoms with Gasteiger partial charge in [0.05, 0.1) is 11.1 Å². The Morgan fingerprint density at radius 1 is 1.30 bits per heavy atom. The highest BCUT2D eigenvalue weighted by atomic mass is 35.5. The summed E-state index contributed by atoms with van der Waals surface area (Å²) in [4.78, 5) is 0. The minimum absolute atomic E-state index is 0.144. The predicted octanol–water partition coefficient (Wildman–Crippen LogP) is 4.20. The maximum absolute atomic E-state index is 13.5. The molecule has 0 saturated heterocycles. The smallest absolute Gasteiger partial charge is 0.142 e. The summed E-state index contributed by atoms with van der Waals surface area (Å²) in [5.74, 6) is -0.358. The molecule has 1 N–H and O–H groups in total. The van der Waals surface area contributed by atoms with E-state index in [0.29, 0.717) is 0 Å². The largest absolute Gasteiger partial charge is 0.380 e. The van der Waals surface area contributed by atoms with Gasteiger partial charge in [0.2, 0.25) is 0 Å². The van der Waals surface area contributed by atoms with Crippen LogP contribution in [0.25, 0.3) is 0 Å². The van der Waals surface area contributed by atoms with Gasteiger partial charge in [0.25, 0.3) is 0 Å². The molecule has 2 nitrogen and oxygen atoms in total. The average molecular weight is 302 g/mol. The summed E-state index contributed by atoms with van der Waals surface area (Å²) in [6, 6.07) is 5.21. The first-order chi connectivity index (χ1) is 9.62. The molecular weight excluding hydrogens is 277 g/mol. The zero-order valence-electron chi connectivity index (χ0n) is 12.6. The van der Waals surface area contributed by atoms with Crippen LogP contribution >= 0.6 is 11.6 Å². The number of hydrogen-bond donors (Lipinski definition) is 1. The Morgan fingerprint density at radius 2 is 2.05 bits per heavy atom. The van der Waals surface area contributed by atoms with Crippen molar-refractivity contribution in [2.24, 2.45) is 0 Å². The molecule has 0 aliphatic heterocycles. The molecule has 114 valence electrons. The van der Waals surface area contributed by atoms with Gasteiger partial charge in [-0.15, -0.1) is 0 Å². The molecule has 1 rings (SSSR count). The third-order valence-electron chi connectivity index (χ3n) is 3.42. The molecule has 0 heterocycles. The van der Waals surface area contributed by atoms with Crippen LogP contribution in [0.2, 0.25) is 5.02 Å². The molecule has 0 aliphatic carbocycles. The molecule has 0 aromatic heterocycles. The van der Waals surface area contributed by atoms with Crippen molar-refractivity contribution in [3.05, 3.63) is 34.6 Å². The number of methoxy groups -OCH3 is 1. The van der Waals surface area contributed by atoms with Gasteiger partial charge in [0, 0.05) is 13.2 Å². The first-order valence-corrected chi connectivity index (χ1v) is 7.70. The molecule has 1 aromatic carbocycles. The maximum atomic E-state index is 13.5. The number of halogens is 2. The fraction of sp³-hybridized carbons (Fsp3) is 0.625. The molecule has 0 bridgehead atoms. The van der Waals surface area contributed by atoms with Crippen LogP contribution in [0.5, 0.6) is 0 Å². The zero-order chi connectivity index (χ0) is 15.0. The molecule has 0 saturated carbocycles. The van der Waals surface area contributed by atoms with E-state index in [0.717, 1.165) is 37.8 Å². The van der Waals surface area contributed by atoms with E-state index in [9.17, 15) is 4.39 Å². The minimum Gasteiger partial charge on any atom is -0.380 e. The second-order valence-electron chi connectivity index (χ2n) is 5.08. The van der Waals surface area contributed by atoms with E-state index in [-0.39, 0.29) is 23.0 Å². The van der Waals surface area contributed by atoms with Crippen molar-refractivity contribution in [1.29, 1.82) is 0 Å². The highest BCUT2D eigenvalue weighted by Crippen LogP contribution is 2.18. The molecule has 1 aromatic rings. The van der Waals surface area contributed by atoms with Crippen LogP contribution in [0.4, 0.5) is 4.39 Å². The highest BCUT2D eigenvalue weighted by molar-refractivity contribution is 6.30. The van der Waals surface area contributed by atoms with Gasteiger partial charge < -0.3 is 10.1 Å². The van der Waals surface area contributed by atoms with E-state index in [1.165, 1.54) is 6.07 Å². The lowest BCUT2D eigenvalue weighted by atomic mass is 9.98. The summed E-state index contributed by atoms with van der Waals surface area (Å²) in [5.41, 5.74) is 0.943. The van der Waals surface area contributed by atoms with Crippen molar-refractivity contribution >= 4 is 11.6 Å². The third kappa shape index (κ3) is 5.39. The zero-order valence-corrected chi connectivity index (χ0v) is 13.3. The lowest BCUT2D eigenvalue weighted by molar-refractivity contribution is 0.0609. The van der Waals surface area contributed by atoms with Crippen molar-refractivity contribution < 1.29 is 9.13 Å². The summed E-state index contributed by atoms with van der Waals surface area (Å²) >= 11 is 5.73. The number of nitrogens with one attached hydrogen (secondary N) is 1. The Bertz CT molecular complexity index is 400. The van der Waals surface area contributed by atoms with E-state index < -0.39 is 0 Å². The van der Waals surface area contributed by atoms with E-state index in [4.69, 9.17) is 16.3 Å². The molecular formula is C16H25ClFNO. The lowest BCUT2D eigenvalue weighted by Crippen LogP contribution is -2.43. The number of benzene rings is 1. The van der Waals surface area contributed by atoms with Crippen LogP contribution in [0.3, 0.4) is 0 Å². The SMILES string of the molecule is CCCNC(Cc1ccc(Cl)c(F)c1)C(CCC)OC. The van der Waals surface area contributed by atoms with Crippen molar-refractivity contribution in [2.75, 3.05) is 13.7 Å². The minimum atomic E-state index is -0.358. The van der Waals surface area contributed by atoms with Gasteiger partial charge in [0.15, 0.2) is 0 Å². The van der Waals surface area contributed by atoms with E-state index in [1.54, 1.807) is 13.2 Å². The second-order valence-corrected chi connectivity index (χ2v) is 5.48. The topological polar surface area (TPSA) is 21.3 Å². The Hall–Kier alpha value is -0.640. The Labute approximate surface area is 126 Å². The van der Waals surface area contributed by atoms with Gasteiger partial charge in [-0.3, -0.25) is 0 Å². The Balaban J connectivity index is 2.78. The number of hydrogen-bond acceptors (Lipinski definition) is 2. The summed E-state index contributed by atoms with van der Waals surface area (Å²) in [5, 5.41) is 3.68. The fourth-order valence-corrected chi connectivity index (χ4v) is 2.47. The fourth-order valence-electron chi connectivity index (χ4n) is 2.35. The van der Waals surface area contributed by atoms with Crippen LogP contribution in [0.1, 0.15) is 38.7 Å². The van der Waals surface area contributed by atoms with E-state index >= 15 is 0 Å². The van der Waals surface area contributed by atoms with E-state index in [2.05, 4.69) is 19.2 Å². The van der Waals surface area contributed by atoms with Crippen molar-refractivity contribution in [3.63, 3.8) is 0 Å².